The van der Waals surface area contributed by atoms with Gasteiger partial charge in [-0.1, -0.05) is 12.1 Å². The third kappa shape index (κ3) is 2.08. The first kappa shape index (κ1) is 13.9. The van der Waals surface area contributed by atoms with E-state index in [1.54, 1.807) is 12.1 Å². The van der Waals surface area contributed by atoms with E-state index in [1.807, 2.05) is 13.0 Å². The second-order valence-electron chi connectivity index (χ2n) is 4.63. The quantitative estimate of drug-likeness (QED) is 0.504. The smallest absolute Gasteiger partial charge is 0.196 e. The van der Waals surface area contributed by atoms with E-state index in [1.165, 1.54) is 10.6 Å². The molecule has 0 saturated carbocycles. The van der Waals surface area contributed by atoms with Gasteiger partial charge >= 0.3 is 0 Å². The molecule has 3 rings (SSSR count). The number of hydrogen-bond donors (Lipinski definition) is 0. The molecule has 21 heavy (non-hydrogen) atoms. The summed E-state index contributed by atoms with van der Waals surface area (Å²) in [6.07, 6.45) is 0. The molecule has 0 N–H and O–H groups in total. The Labute approximate surface area is 123 Å². The van der Waals surface area contributed by atoms with Crippen molar-refractivity contribution in [3.05, 3.63) is 59.2 Å². The van der Waals surface area contributed by atoms with Crippen LogP contribution in [0.5, 0.6) is 0 Å². The summed E-state index contributed by atoms with van der Waals surface area (Å²) in [5.41, 5.74) is 2.02. The van der Waals surface area contributed by atoms with Gasteiger partial charge in [-0.3, -0.25) is 4.57 Å². The first-order valence-electron chi connectivity index (χ1n) is 6.21. The molecule has 0 aliphatic heterocycles. The van der Waals surface area contributed by atoms with Crippen LogP contribution in [0.3, 0.4) is 0 Å². The van der Waals surface area contributed by atoms with Gasteiger partial charge in [-0.25, -0.2) is 18.2 Å². The maximum absolute atomic E-state index is 14.1. The van der Waals surface area contributed by atoms with Crippen molar-refractivity contribution in [3.63, 3.8) is 0 Å². The Balaban J connectivity index is 2.40. The molecule has 0 fully saturated rings. The zero-order chi connectivity index (χ0) is 15.1. The van der Waals surface area contributed by atoms with Crippen molar-refractivity contribution in [2.45, 2.75) is 12.8 Å². The van der Waals surface area contributed by atoms with Crippen LogP contribution in [-0.2, 0) is 5.88 Å². The lowest BCUT2D eigenvalue weighted by atomic mass is 10.2. The number of imidazole rings is 1. The summed E-state index contributed by atoms with van der Waals surface area (Å²) in [4.78, 5) is 4.35. The molecule has 0 aliphatic carbocycles. The Morgan fingerprint density at radius 1 is 1.10 bits per heavy atom. The maximum Gasteiger partial charge on any atom is 0.196 e. The van der Waals surface area contributed by atoms with Gasteiger partial charge < -0.3 is 0 Å². The molecule has 0 atom stereocenters. The van der Waals surface area contributed by atoms with E-state index in [-0.39, 0.29) is 11.6 Å². The number of aromatic nitrogens is 2. The van der Waals surface area contributed by atoms with Crippen LogP contribution in [-0.4, -0.2) is 9.55 Å². The number of para-hydroxylation sites is 1. The van der Waals surface area contributed by atoms with Crippen LogP contribution in [0.1, 0.15) is 11.4 Å². The standard InChI is InChI=1S/C15H10ClF3N2/c1-8-3-2-4-11-15(8)20-12(7-16)21(11)10-6-5-9(17)13(18)14(10)19/h2-6H,7H2,1H3. The van der Waals surface area contributed by atoms with E-state index in [0.29, 0.717) is 16.9 Å². The first-order chi connectivity index (χ1) is 10.0. The fraction of sp³-hybridized carbons (Fsp3) is 0.133. The Morgan fingerprint density at radius 2 is 1.86 bits per heavy atom. The number of nitrogens with zero attached hydrogens (tertiary/aromatic N) is 2. The zero-order valence-corrected chi connectivity index (χ0v) is 11.8. The lowest BCUT2D eigenvalue weighted by molar-refractivity contribution is 0.444. The van der Waals surface area contributed by atoms with E-state index in [2.05, 4.69) is 4.98 Å². The van der Waals surface area contributed by atoms with Gasteiger partial charge in [0.05, 0.1) is 22.6 Å². The Bertz CT molecular complexity index is 843. The van der Waals surface area contributed by atoms with E-state index >= 15 is 0 Å². The zero-order valence-electron chi connectivity index (χ0n) is 11.0. The predicted octanol–water partition coefficient (Wildman–Crippen LogP) is 4.49. The highest BCUT2D eigenvalue weighted by atomic mass is 35.5. The number of rotatable bonds is 2. The molecule has 1 heterocycles. The SMILES string of the molecule is Cc1cccc2c1nc(CCl)n2-c1ccc(F)c(F)c1F. The van der Waals surface area contributed by atoms with E-state index < -0.39 is 17.5 Å². The number of hydrogen-bond acceptors (Lipinski definition) is 1. The molecule has 0 radical (unpaired) electrons. The summed E-state index contributed by atoms with van der Waals surface area (Å²) in [7, 11) is 0. The van der Waals surface area contributed by atoms with Crippen LogP contribution < -0.4 is 0 Å². The molecule has 0 amide bonds. The number of benzene rings is 2. The van der Waals surface area contributed by atoms with Crippen molar-refractivity contribution in [2.24, 2.45) is 0 Å². The Morgan fingerprint density at radius 3 is 2.57 bits per heavy atom. The lowest BCUT2D eigenvalue weighted by Crippen LogP contribution is -2.05. The van der Waals surface area contributed by atoms with Crippen LogP contribution in [0.4, 0.5) is 13.2 Å². The van der Waals surface area contributed by atoms with Crippen molar-refractivity contribution in [2.75, 3.05) is 0 Å². The predicted molar refractivity (Wildman–Crippen MR) is 75.2 cm³/mol. The summed E-state index contributed by atoms with van der Waals surface area (Å²) in [5, 5.41) is 0. The molecule has 0 aliphatic rings. The minimum Gasteiger partial charge on any atom is -0.292 e. The summed E-state index contributed by atoms with van der Waals surface area (Å²) < 4.78 is 42.1. The van der Waals surface area contributed by atoms with Gasteiger partial charge in [0.1, 0.15) is 5.82 Å². The summed E-state index contributed by atoms with van der Waals surface area (Å²) >= 11 is 5.86. The third-order valence-electron chi connectivity index (χ3n) is 3.33. The third-order valence-corrected chi connectivity index (χ3v) is 3.57. The van der Waals surface area contributed by atoms with Gasteiger partial charge in [0.2, 0.25) is 0 Å². The summed E-state index contributed by atoms with van der Waals surface area (Å²) in [6, 6.07) is 7.43. The Hall–Kier alpha value is -2.01. The van der Waals surface area contributed by atoms with Crippen LogP contribution in [0.15, 0.2) is 30.3 Å². The number of halogens is 4. The van der Waals surface area contributed by atoms with Gasteiger partial charge in [0, 0.05) is 0 Å². The highest BCUT2D eigenvalue weighted by Crippen LogP contribution is 2.27. The molecular formula is C15H10ClF3N2. The minimum atomic E-state index is -1.51. The minimum absolute atomic E-state index is 0.0204. The van der Waals surface area contributed by atoms with E-state index in [9.17, 15) is 13.2 Å². The molecule has 2 nitrogen and oxygen atoms in total. The highest BCUT2D eigenvalue weighted by Gasteiger charge is 2.20. The van der Waals surface area contributed by atoms with Crippen molar-refractivity contribution in [1.29, 1.82) is 0 Å². The van der Waals surface area contributed by atoms with Gasteiger partial charge in [-0.05, 0) is 30.7 Å². The average molecular weight is 311 g/mol. The van der Waals surface area contributed by atoms with Gasteiger partial charge in [0.25, 0.3) is 0 Å². The van der Waals surface area contributed by atoms with Crippen molar-refractivity contribution >= 4 is 22.6 Å². The van der Waals surface area contributed by atoms with Gasteiger partial charge in [-0.2, -0.15) is 0 Å². The van der Waals surface area contributed by atoms with E-state index in [4.69, 9.17) is 11.6 Å². The molecule has 6 heteroatoms. The molecular weight excluding hydrogens is 301 g/mol. The first-order valence-corrected chi connectivity index (χ1v) is 6.75. The average Bonchev–Trinajstić information content (AvgIpc) is 2.85. The molecule has 0 saturated heterocycles. The second kappa shape index (κ2) is 5.07. The number of aryl methyl sites for hydroxylation is 1. The molecule has 0 unspecified atom stereocenters. The monoisotopic (exact) mass is 310 g/mol. The fourth-order valence-corrected chi connectivity index (χ4v) is 2.51. The molecule has 2 aromatic carbocycles. The molecule has 3 aromatic rings. The second-order valence-corrected chi connectivity index (χ2v) is 4.90. The van der Waals surface area contributed by atoms with Crippen molar-refractivity contribution < 1.29 is 13.2 Å². The molecule has 1 aromatic heterocycles. The van der Waals surface area contributed by atoms with Gasteiger partial charge in [0.15, 0.2) is 17.5 Å². The summed E-state index contributed by atoms with van der Waals surface area (Å²) in [5.74, 6) is -3.62. The molecule has 108 valence electrons. The molecule has 0 bridgehead atoms. The topological polar surface area (TPSA) is 17.8 Å². The molecule has 0 spiro atoms. The summed E-state index contributed by atoms with van der Waals surface area (Å²) in [6.45, 7) is 1.86. The maximum atomic E-state index is 14.1. The van der Waals surface area contributed by atoms with Gasteiger partial charge in [-0.15, -0.1) is 11.6 Å². The van der Waals surface area contributed by atoms with Crippen molar-refractivity contribution in [1.82, 2.24) is 9.55 Å². The highest BCUT2D eigenvalue weighted by molar-refractivity contribution is 6.17. The van der Waals surface area contributed by atoms with Crippen LogP contribution >= 0.6 is 11.6 Å². The normalized spacial score (nSPS) is 11.3. The van der Waals surface area contributed by atoms with E-state index in [0.717, 1.165) is 11.6 Å². The van der Waals surface area contributed by atoms with Crippen LogP contribution in [0.25, 0.3) is 16.7 Å². The number of fused-ring (bicyclic) bond motifs is 1. The lowest BCUT2D eigenvalue weighted by Gasteiger charge is -2.10. The Kier molecular flexibility index (Phi) is 3.37. The number of alkyl halides is 1. The van der Waals surface area contributed by atoms with Crippen LogP contribution in [0, 0.1) is 24.4 Å². The van der Waals surface area contributed by atoms with Crippen LogP contribution in [0.2, 0.25) is 0 Å². The fourth-order valence-electron chi connectivity index (χ4n) is 2.33. The van der Waals surface area contributed by atoms with Crippen molar-refractivity contribution in [3.8, 4) is 5.69 Å². The largest absolute Gasteiger partial charge is 0.292 e.